The second-order valence-corrected chi connectivity index (χ2v) is 11.4. The SMILES string of the molecule is C/C=C\N(C)C(Nc1ccc(C(=O)CCCCOCCCCC(=O)CCC=O)c(C)c1)C(C)=N/C=C(\C)c1ccc(C)cc1. The summed E-state index contributed by atoms with van der Waals surface area (Å²) in [5.74, 6) is 0.275. The average Bonchev–Trinajstić information content (AvgIpc) is 3.00. The molecule has 0 heterocycles. The molecule has 2 rings (SSSR count). The molecule has 0 aliphatic carbocycles. The Hall–Kier alpha value is -3.84. The summed E-state index contributed by atoms with van der Waals surface area (Å²) in [7, 11) is 2.01. The number of benzene rings is 2. The smallest absolute Gasteiger partial charge is 0.163 e. The Bertz CT molecular complexity index is 1290. The van der Waals surface area contributed by atoms with Crippen molar-refractivity contribution in [3.8, 4) is 0 Å². The molecule has 7 nitrogen and oxygen atoms in total. The number of Topliss-reactive ketones (excluding diaryl/α,β-unsaturated/α-hetero) is 2. The fraction of sp³-hybridized carbons (Fsp3) is 0.459. The largest absolute Gasteiger partial charge is 0.381 e. The van der Waals surface area contributed by atoms with Gasteiger partial charge in [-0.25, -0.2) is 0 Å². The first-order chi connectivity index (χ1) is 21.2. The average molecular weight is 602 g/mol. The van der Waals surface area contributed by atoms with Crippen LogP contribution in [0.25, 0.3) is 5.57 Å². The number of rotatable bonds is 21. The molecule has 0 saturated carbocycles. The maximum atomic E-state index is 12.9. The molecule has 7 heteroatoms. The lowest BCUT2D eigenvalue weighted by molar-refractivity contribution is -0.120. The number of nitrogens with one attached hydrogen (secondary N) is 1. The van der Waals surface area contributed by atoms with Gasteiger partial charge in [0.05, 0.1) is 5.71 Å². The lowest BCUT2D eigenvalue weighted by atomic mass is 10.00. The van der Waals surface area contributed by atoms with Crippen LogP contribution in [0.2, 0.25) is 0 Å². The fourth-order valence-electron chi connectivity index (χ4n) is 4.80. The summed E-state index contributed by atoms with van der Waals surface area (Å²) in [5.41, 5.74) is 7.00. The molecule has 1 atom stereocenters. The summed E-state index contributed by atoms with van der Waals surface area (Å²) >= 11 is 0. The predicted molar refractivity (Wildman–Crippen MR) is 182 cm³/mol. The number of hydrogen-bond donors (Lipinski definition) is 1. The van der Waals surface area contributed by atoms with E-state index in [9.17, 15) is 14.4 Å². The predicted octanol–water partition coefficient (Wildman–Crippen LogP) is 8.12. The van der Waals surface area contributed by atoms with Gasteiger partial charge in [-0.1, -0.05) is 35.9 Å². The standard InChI is InChI=1S/C37H51N3O4/c1-7-22-40(6)37(31(5)38-27-30(4)32-18-16-28(2)17-19-32)39-33-20-21-35(29(3)26-33)36(43)15-9-11-25-44-24-10-8-13-34(42)14-12-23-41/h7,16-23,26-27,37,39H,8-15,24-25H2,1-6H3/b22-7-,30-27+,38-31?. The molecule has 0 aliphatic heterocycles. The molecule has 44 heavy (non-hydrogen) atoms. The van der Waals surface area contributed by atoms with Crippen molar-refractivity contribution < 1.29 is 19.1 Å². The quantitative estimate of drug-likeness (QED) is 0.0511. The van der Waals surface area contributed by atoms with E-state index in [2.05, 4.69) is 48.3 Å². The van der Waals surface area contributed by atoms with Gasteiger partial charge >= 0.3 is 0 Å². The Kier molecular flexibility index (Phi) is 16.7. The summed E-state index contributed by atoms with van der Waals surface area (Å²) in [6.45, 7) is 11.4. The van der Waals surface area contributed by atoms with E-state index in [0.717, 1.165) is 65.6 Å². The van der Waals surface area contributed by atoms with Gasteiger partial charge in [0.1, 0.15) is 18.2 Å². The van der Waals surface area contributed by atoms with Crippen molar-refractivity contribution in [2.45, 2.75) is 92.2 Å². The first-order valence-electron chi connectivity index (χ1n) is 15.7. The molecule has 0 aliphatic rings. The number of unbranched alkanes of at least 4 members (excludes halogenated alkanes) is 2. The van der Waals surface area contributed by atoms with Gasteiger partial charge in [-0.15, -0.1) is 0 Å². The molecule has 2 aromatic carbocycles. The first-order valence-corrected chi connectivity index (χ1v) is 15.7. The number of aliphatic imine (C=N–C) groups is 1. The summed E-state index contributed by atoms with van der Waals surface area (Å²) < 4.78 is 5.66. The van der Waals surface area contributed by atoms with Crippen LogP contribution in [0.15, 0.2) is 65.9 Å². The third kappa shape index (κ3) is 13.2. The van der Waals surface area contributed by atoms with Crippen LogP contribution in [0.5, 0.6) is 0 Å². The number of ether oxygens (including phenoxy) is 1. The third-order valence-corrected chi connectivity index (χ3v) is 7.46. The van der Waals surface area contributed by atoms with Crippen molar-refractivity contribution in [2.75, 3.05) is 25.6 Å². The van der Waals surface area contributed by atoms with Gasteiger partial charge in [-0.05, 0) is 101 Å². The van der Waals surface area contributed by atoms with Crippen LogP contribution < -0.4 is 5.32 Å². The van der Waals surface area contributed by atoms with Crippen molar-refractivity contribution in [1.29, 1.82) is 0 Å². The molecule has 0 fully saturated rings. The van der Waals surface area contributed by atoms with E-state index in [1.54, 1.807) is 0 Å². The van der Waals surface area contributed by atoms with Crippen molar-refractivity contribution >= 4 is 34.8 Å². The van der Waals surface area contributed by atoms with Crippen LogP contribution >= 0.6 is 0 Å². The molecule has 0 saturated heterocycles. The van der Waals surface area contributed by atoms with E-state index in [1.165, 1.54) is 5.56 Å². The van der Waals surface area contributed by atoms with Crippen LogP contribution in [-0.2, 0) is 14.3 Å². The highest BCUT2D eigenvalue weighted by Crippen LogP contribution is 2.20. The maximum absolute atomic E-state index is 12.9. The number of hydrogen-bond acceptors (Lipinski definition) is 7. The molecule has 0 bridgehead atoms. The lowest BCUT2D eigenvalue weighted by Crippen LogP contribution is -2.40. The van der Waals surface area contributed by atoms with Crippen molar-refractivity contribution in [3.05, 3.63) is 83.2 Å². The molecule has 2 aromatic rings. The molecular formula is C37H51N3O4. The second-order valence-electron chi connectivity index (χ2n) is 11.4. The van der Waals surface area contributed by atoms with E-state index < -0.39 is 0 Å². The first kappa shape index (κ1) is 36.4. The monoisotopic (exact) mass is 601 g/mol. The summed E-state index contributed by atoms with van der Waals surface area (Å²) in [6.07, 6.45) is 11.4. The Morgan fingerprint density at radius 1 is 0.955 bits per heavy atom. The minimum Gasteiger partial charge on any atom is -0.381 e. The van der Waals surface area contributed by atoms with E-state index >= 15 is 0 Å². The van der Waals surface area contributed by atoms with Crippen LogP contribution in [0.4, 0.5) is 5.69 Å². The Balaban J connectivity index is 1.89. The molecule has 1 N–H and O–H groups in total. The van der Waals surface area contributed by atoms with Crippen LogP contribution in [-0.4, -0.2) is 54.9 Å². The number of anilines is 1. The van der Waals surface area contributed by atoms with Gasteiger partial charge in [0.2, 0.25) is 0 Å². The van der Waals surface area contributed by atoms with E-state index in [0.29, 0.717) is 38.9 Å². The van der Waals surface area contributed by atoms with E-state index in [1.807, 2.05) is 64.5 Å². The molecule has 0 radical (unpaired) electrons. The summed E-state index contributed by atoms with van der Waals surface area (Å²) in [5, 5.41) is 3.59. The van der Waals surface area contributed by atoms with Crippen molar-refractivity contribution in [1.82, 2.24) is 4.90 Å². The molecule has 1 unspecified atom stereocenters. The number of nitrogens with zero attached hydrogens (tertiary/aromatic N) is 2. The van der Waals surface area contributed by atoms with Crippen LogP contribution in [0.1, 0.15) is 99.2 Å². The van der Waals surface area contributed by atoms with Crippen LogP contribution in [0, 0.1) is 13.8 Å². The van der Waals surface area contributed by atoms with Gasteiger partial charge in [0, 0.05) is 63.4 Å². The number of aldehydes is 1. The number of carbonyl (C=O) groups is 3. The highest BCUT2D eigenvalue weighted by Gasteiger charge is 2.17. The molecular weight excluding hydrogens is 550 g/mol. The summed E-state index contributed by atoms with van der Waals surface area (Å²) in [4.78, 5) is 41.7. The lowest BCUT2D eigenvalue weighted by Gasteiger charge is -2.29. The third-order valence-electron chi connectivity index (χ3n) is 7.46. The van der Waals surface area contributed by atoms with Crippen LogP contribution in [0.3, 0.4) is 0 Å². The zero-order valence-electron chi connectivity index (χ0n) is 27.5. The minimum atomic E-state index is -0.169. The fourth-order valence-corrected chi connectivity index (χ4v) is 4.80. The minimum absolute atomic E-state index is 0.136. The van der Waals surface area contributed by atoms with Gasteiger partial charge in [0.15, 0.2) is 5.78 Å². The number of ketones is 2. The second kappa shape index (κ2) is 20.2. The topological polar surface area (TPSA) is 88.1 Å². The maximum Gasteiger partial charge on any atom is 0.163 e. The molecule has 238 valence electrons. The molecule has 0 spiro atoms. The van der Waals surface area contributed by atoms with Crippen molar-refractivity contribution in [3.63, 3.8) is 0 Å². The Morgan fingerprint density at radius 3 is 2.27 bits per heavy atom. The Morgan fingerprint density at radius 2 is 1.64 bits per heavy atom. The highest BCUT2D eigenvalue weighted by atomic mass is 16.5. The van der Waals surface area contributed by atoms with Gasteiger partial charge < -0.3 is 19.7 Å². The zero-order chi connectivity index (χ0) is 32.3. The highest BCUT2D eigenvalue weighted by molar-refractivity contribution is 5.98. The summed E-state index contributed by atoms with van der Waals surface area (Å²) in [6, 6.07) is 14.3. The van der Waals surface area contributed by atoms with Gasteiger partial charge in [0.25, 0.3) is 0 Å². The van der Waals surface area contributed by atoms with E-state index in [4.69, 9.17) is 9.73 Å². The number of aryl methyl sites for hydroxylation is 2. The van der Waals surface area contributed by atoms with E-state index in [-0.39, 0.29) is 17.7 Å². The number of carbonyl (C=O) groups excluding carboxylic acids is 3. The number of allylic oxidation sites excluding steroid dienone is 2. The van der Waals surface area contributed by atoms with Gasteiger partial charge in [-0.2, -0.15) is 0 Å². The molecule has 0 amide bonds. The van der Waals surface area contributed by atoms with Gasteiger partial charge in [-0.3, -0.25) is 14.6 Å². The zero-order valence-corrected chi connectivity index (χ0v) is 27.5. The molecule has 0 aromatic heterocycles. The Labute approximate surface area is 264 Å². The van der Waals surface area contributed by atoms with Crippen molar-refractivity contribution in [2.24, 2.45) is 4.99 Å². The normalized spacial score (nSPS) is 12.8.